The second-order valence-electron chi connectivity index (χ2n) is 3.87. The van der Waals surface area contributed by atoms with Gasteiger partial charge in [-0.1, -0.05) is 17.4 Å². The minimum atomic E-state index is 0.107. The number of thiazole rings is 1. The highest BCUT2D eigenvalue weighted by Crippen LogP contribution is 2.34. The monoisotopic (exact) mass is 296 g/mol. The van der Waals surface area contributed by atoms with Gasteiger partial charge < -0.3 is 5.32 Å². The first kappa shape index (κ1) is 10.2. The summed E-state index contributed by atoms with van der Waals surface area (Å²) in [6.45, 7) is 0. The van der Waals surface area contributed by atoms with Crippen molar-refractivity contribution in [2.45, 2.75) is 12.8 Å². The van der Waals surface area contributed by atoms with Crippen molar-refractivity contribution >= 4 is 48.5 Å². The molecule has 0 aliphatic heterocycles. The molecule has 3 rings (SSSR count). The summed E-state index contributed by atoms with van der Waals surface area (Å²) in [5.41, 5.74) is 0.922. The molecule has 0 bridgehead atoms. The molecule has 2 aromatic rings. The number of anilines is 1. The third-order valence-corrected chi connectivity index (χ3v) is 4.49. The molecular formula is C11H9BrN2OS. The predicted molar refractivity (Wildman–Crippen MR) is 68.7 cm³/mol. The van der Waals surface area contributed by atoms with Crippen LogP contribution in [0.1, 0.15) is 12.8 Å². The maximum atomic E-state index is 11.6. The van der Waals surface area contributed by atoms with Crippen molar-refractivity contribution in [3.05, 3.63) is 22.7 Å². The number of fused-ring (bicyclic) bond motifs is 1. The highest BCUT2D eigenvalue weighted by molar-refractivity contribution is 9.10. The molecule has 3 nitrogen and oxygen atoms in total. The molecule has 16 heavy (non-hydrogen) atoms. The Morgan fingerprint density at radius 3 is 3.00 bits per heavy atom. The highest BCUT2D eigenvalue weighted by atomic mass is 79.9. The Morgan fingerprint density at radius 2 is 2.31 bits per heavy atom. The average molecular weight is 297 g/mol. The first-order valence-electron chi connectivity index (χ1n) is 5.10. The summed E-state index contributed by atoms with van der Waals surface area (Å²) in [6.07, 6.45) is 2.03. The zero-order chi connectivity index (χ0) is 11.1. The average Bonchev–Trinajstić information content (AvgIpc) is 3.01. The Balaban J connectivity index is 1.92. The van der Waals surface area contributed by atoms with Crippen molar-refractivity contribution < 1.29 is 4.79 Å². The van der Waals surface area contributed by atoms with Crippen LogP contribution in [0.25, 0.3) is 10.2 Å². The fourth-order valence-corrected chi connectivity index (χ4v) is 2.99. The van der Waals surface area contributed by atoms with Gasteiger partial charge >= 0.3 is 0 Å². The van der Waals surface area contributed by atoms with Crippen molar-refractivity contribution in [1.29, 1.82) is 0 Å². The number of hydrogen-bond acceptors (Lipinski definition) is 3. The van der Waals surface area contributed by atoms with Gasteiger partial charge in [-0.25, -0.2) is 4.98 Å². The number of benzene rings is 1. The highest BCUT2D eigenvalue weighted by Gasteiger charge is 2.30. The summed E-state index contributed by atoms with van der Waals surface area (Å²) in [4.78, 5) is 16.0. The van der Waals surface area contributed by atoms with Crippen molar-refractivity contribution in [1.82, 2.24) is 4.98 Å². The van der Waals surface area contributed by atoms with Gasteiger partial charge in [0.25, 0.3) is 0 Å². The molecule has 0 spiro atoms. The van der Waals surface area contributed by atoms with Crippen LogP contribution >= 0.6 is 27.3 Å². The van der Waals surface area contributed by atoms with E-state index in [1.54, 1.807) is 0 Å². The van der Waals surface area contributed by atoms with Gasteiger partial charge in [0.2, 0.25) is 5.91 Å². The van der Waals surface area contributed by atoms with Crippen LogP contribution in [0, 0.1) is 5.92 Å². The molecule has 1 heterocycles. The summed E-state index contributed by atoms with van der Waals surface area (Å²) in [5.74, 6) is 0.325. The van der Waals surface area contributed by atoms with Gasteiger partial charge in [-0.15, -0.1) is 0 Å². The van der Waals surface area contributed by atoms with Crippen LogP contribution in [-0.2, 0) is 4.79 Å². The minimum absolute atomic E-state index is 0.107. The van der Waals surface area contributed by atoms with E-state index >= 15 is 0 Å². The van der Waals surface area contributed by atoms with Crippen LogP contribution in [0.15, 0.2) is 22.7 Å². The fraction of sp³-hybridized carbons (Fsp3) is 0.273. The number of aromatic nitrogens is 1. The van der Waals surface area contributed by atoms with E-state index in [-0.39, 0.29) is 11.8 Å². The predicted octanol–water partition coefficient (Wildman–Crippen LogP) is 3.41. The van der Waals surface area contributed by atoms with Gasteiger partial charge in [-0.2, -0.15) is 0 Å². The summed E-state index contributed by atoms with van der Waals surface area (Å²) in [7, 11) is 0. The van der Waals surface area contributed by atoms with Gasteiger partial charge in [0.05, 0.1) is 10.2 Å². The second kappa shape index (κ2) is 3.82. The molecule has 1 aromatic carbocycles. The number of nitrogens with zero attached hydrogens (tertiary/aromatic N) is 1. The van der Waals surface area contributed by atoms with E-state index in [2.05, 4.69) is 26.2 Å². The lowest BCUT2D eigenvalue weighted by molar-refractivity contribution is -0.117. The number of carbonyl (C=O) groups excluding carboxylic acids is 1. The second-order valence-corrected chi connectivity index (χ2v) is 5.72. The molecule has 0 radical (unpaired) electrons. The van der Waals surface area contributed by atoms with Crippen molar-refractivity contribution in [2.24, 2.45) is 5.92 Å². The molecule has 1 N–H and O–H groups in total. The number of carbonyl (C=O) groups is 1. The zero-order valence-electron chi connectivity index (χ0n) is 8.37. The summed E-state index contributed by atoms with van der Waals surface area (Å²) in [5, 5.41) is 3.56. The molecule has 1 aliphatic rings. The van der Waals surface area contributed by atoms with E-state index < -0.39 is 0 Å². The summed E-state index contributed by atoms with van der Waals surface area (Å²) in [6, 6.07) is 5.87. The van der Waals surface area contributed by atoms with E-state index in [1.807, 2.05) is 18.2 Å². The third-order valence-electron chi connectivity index (χ3n) is 2.55. The Morgan fingerprint density at radius 1 is 1.50 bits per heavy atom. The number of amides is 1. The van der Waals surface area contributed by atoms with E-state index in [9.17, 15) is 4.79 Å². The lowest BCUT2D eigenvalue weighted by Crippen LogP contribution is -2.12. The smallest absolute Gasteiger partial charge is 0.229 e. The van der Waals surface area contributed by atoms with Crippen LogP contribution in [0.2, 0.25) is 0 Å². The first-order valence-corrected chi connectivity index (χ1v) is 6.71. The Labute approximate surface area is 105 Å². The van der Waals surface area contributed by atoms with E-state index in [0.717, 1.165) is 27.5 Å². The molecular weight excluding hydrogens is 288 g/mol. The molecule has 82 valence electrons. The number of hydrogen-bond donors (Lipinski definition) is 1. The molecule has 1 fully saturated rings. The van der Waals surface area contributed by atoms with Crippen LogP contribution in [0.5, 0.6) is 0 Å². The van der Waals surface area contributed by atoms with Crippen LogP contribution < -0.4 is 5.32 Å². The van der Waals surface area contributed by atoms with E-state index in [0.29, 0.717) is 5.13 Å². The molecule has 0 unspecified atom stereocenters. The van der Waals surface area contributed by atoms with Crippen LogP contribution in [0.3, 0.4) is 0 Å². The zero-order valence-corrected chi connectivity index (χ0v) is 10.8. The van der Waals surface area contributed by atoms with E-state index in [1.165, 1.54) is 11.3 Å². The Hall–Kier alpha value is -0.940. The lowest BCUT2D eigenvalue weighted by atomic mass is 10.3. The minimum Gasteiger partial charge on any atom is -0.302 e. The lowest BCUT2D eigenvalue weighted by Gasteiger charge is -1.96. The topological polar surface area (TPSA) is 42.0 Å². The molecule has 1 amide bonds. The Bertz CT molecular complexity index is 562. The largest absolute Gasteiger partial charge is 0.302 e. The van der Waals surface area contributed by atoms with Gasteiger partial charge in [0.15, 0.2) is 5.13 Å². The standard InChI is InChI=1S/C11H9BrN2OS/c12-7-2-1-3-8-9(7)16-11(13-8)14-10(15)6-4-5-6/h1-3,6H,4-5H2,(H,13,14,15). The summed E-state index contributed by atoms with van der Waals surface area (Å²) >= 11 is 4.98. The molecule has 0 atom stereocenters. The molecule has 1 aromatic heterocycles. The van der Waals surface area contributed by atoms with E-state index in [4.69, 9.17) is 0 Å². The van der Waals surface area contributed by atoms with Gasteiger partial charge in [0, 0.05) is 10.4 Å². The maximum absolute atomic E-state index is 11.6. The number of halogens is 1. The van der Waals surface area contributed by atoms with Crippen molar-refractivity contribution in [3.8, 4) is 0 Å². The third kappa shape index (κ3) is 1.85. The Kier molecular flexibility index (Phi) is 2.44. The molecule has 1 aliphatic carbocycles. The molecule has 1 saturated carbocycles. The first-order chi connectivity index (χ1) is 7.74. The summed E-state index contributed by atoms with van der Waals surface area (Å²) < 4.78 is 2.10. The van der Waals surface area contributed by atoms with Crippen LogP contribution in [-0.4, -0.2) is 10.9 Å². The van der Waals surface area contributed by atoms with Crippen molar-refractivity contribution in [2.75, 3.05) is 5.32 Å². The normalized spacial score (nSPS) is 15.3. The number of rotatable bonds is 2. The maximum Gasteiger partial charge on any atom is 0.229 e. The fourth-order valence-electron chi connectivity index (χ4n) is 1.52. The van der Waals surface area contributed by atoms with Gasteiger partial charge in [-0.3, -0.25) is 4.79 Å². The van der Waals surface area contributed by atoms with Crippen molar-refractivity contribution in [3.63, 3.8) is 0 Å². The number of nitrogens with one attached hydrogen (secondary N) is 1. The van der Waals surface area contributed by atoms with Crippen LogP contribution in [0.4, 0.5) is 5.13 Å². The molecule has 5 heteroatoms. The quantitative estimate of drug-likeness (QED) is 0.923. The SMILES string of the molecule is O=C(Nc1nc2cccc(Br)c2s1)C1CC1. The van der Waals surface area contributed by atoms with Gasteiger partial charge in [0.1, 0.15) is 0 Å². The van der Waals surface area contributed by atoms with Gasteiger partial charge in [-0.05, 0) is 40.9 Å². The molecule has 0 saturated heterocycles.